The van der Waals surface area contributed by atoms with Crippen molar-refractivity contribution >= 4 is 5.91 Å². The second-order valence-corrected chi connectivity index (χ2v) is 6.14. The zero-order chi connectivity index (χ0) is 13.6. The maximum absolute atomic E-state index is 11.8. The number of amides is 1. The summed E-state index contributed by atoms with van der Waals surface area (Å²) in [7, 11) is 2.15. The fourth-order valence-corrected chi connectivity index (χ4v) is 2.43. The van der Waals surface area contributed by atoms with Crippen LogP contribution in [0.2, 0.25) is 0 Å². The van der Waals surface area contributed by atoms with E-state index in [-0.39, 0.29) is 17.4 Å². The van der Waals surface area contributed by atoms with E-state index in [0.717, 1.165) is 45.3 Å². The fraction of sp³-hybridized carbons (Fsp3) is 0.929. The van der Waals surface area contributed by atoms with Crippen LogP contribution in [0.4, 0.5) is 0 Å². The van der Waals surface area contributed by atoms with Crippen molar-refractivity contribution in [2.75, 3.05) is 26.7 Å². The third kappa shape index (κ3) is 5.36. The van der Waals surface area contributed by atoms with E-state index in [1.165, 1.54) is 0 Å². The summed E-state index contributed by atoms with van der Waals surface area (Å²) in [6.07, 6.45) is 4.74. The molecule has 1 aliphatic heterocycles. The summed E-state index contributed by atoms with van der Waals surface area (Å²) < 4.78 is 0. The molecule has 3 N–H and O–H groups in total. The van der Waals surface area contributed by atoms with Crippen LogP contribution in [-0.4, -0.2) is 43.5 Å². The Kier molecular flexibility index (Phi) is 6.09. The molecule has 0 aromatic carbocycles. The predicted octanol–water partition coefficient (Wildman–Crippen LogP) is 1.35. The summed E-state index contributed by atoms with van der Waals surface area (Å²) in [5, 5.41) is 3.06. The lowest BCUT2D eigenvalue weighted by Gasteiger charge is -2.38. The maximum Gasteiger partial charge on any atom is 0.221 e. The van der Waals surface area contributed by atoms with Crippen LogP contribution in [0.5, 0.6) is 0 Å². The number of carbonyl (C=O) groups is 1. The van der Waals surface area contributed by atoms with Gasteiger partial charge in [0.05, 0.1) is 0 Å². The third-order valence-corrected chi connectivity index (χ3v) is 4.01. The summed E-state index contributed by atoms with van der Waals surface area (Å²) in [5.74, 6) is 0.108. The summed E-state index contributed by atoms with van der Waals surface area (Å²) in [4.78, 5) is 14.1. The monoisotopic (exact) mass is 255 g/mol. The van der Waals surface area contributed by atoms with Crippen LogP contribution >= 0.6 is 0 Å². The molecule has 1 atom stereocenters. The van der Waals surface area contributed by atoms with Crippen molar-refractivity contribution in [3.8, 4) is 0 Å². The van der Waals surface area contributed by atoms with Crippen molar-refractivity contribution in [1.29, 1.82) is 0 Å². The van der Waals surface area contributed by atoms with Gasteiger partial charge in [-0.3, -0.25) is 4.79 Å². The Balaban J connectivity index is 2.25. The summed E-state index contributed by atoms with van der Waals surface area (Å²) >= 11 is 0. The molecular weight excluding hydrogens is 226 g/mol. The minimum absolute atomic E-state index is 0.0142. The van der Waals surface area contributed by atoms with Crippen LogP contribution in [-0.2, 0) is 4.79 Å². The van der Waals surface area contributed by atoms with E-state index in [0.29, 0.717) is 6.42 Å². The third-order valence-electron chi connectivity index (χ3n) is 4.01. The largest absolute Gasteiger partial charge is 0.356 e. The van der Waals surface area contributed by atoms with E-state index < -0.39 is 0 Å². The van der Waals surface area contributed by atoms with E-state index in [4.69, 9.17) is 5.73 Å². The molecule has 1 rings (SSSR count). The molecular formula is C14H29N3O. The molecule has 18 heavy (non-hydrogen) atoms. The van der Waals surface area contributed by atoms with Gasteiger partial charge in [0.25, 0.3) is 0 Å². The molecule has 1 fully saturated rings. The van der Waals surface area contributed by atoms with Crippen molar-refractivity contribution in [3.05, 3.63) is 0 Å². The van der Waals surface area contributed by atoms with Crippen LogP contribution in [0.3, 0.4) is 0 Å². The number of carbonyl (C=O) groups excluding carboxylic acids is 1. The first kappa shape index (κ1) is 15.4. The van der Waals surface area contributed by atoms with Gasteiger partial charge >= 0.3 is 0 Å². The van der Waals surface area contributed by atoms with Gasteiger partial charge in [-0.1, -0.05) is 20.3 Å². The van der Waals surface area contributed by atoms with Crippen LogP contribution in [0.25, 0.3) is 0 Å². The average molecular weight is 255 g/mol. The second-order valence-electron chi connectivity index (χ2n) is 6.14. The smallest absolute Gasteiger partial charge is 0.221 e. The van der Waals surface area contributed by atoms with Gasteiger partial charge in [-0.2, -0.15) is 0 Å². The Morgan fingerprint density at radius 3 is 2.61 bits per heavy atom. The summed E-state index contributed by atoms with van der Waals surface area (Å²) in [5.41, 5.74) is 6.14. The lowest BCUT2D eigenvalue weighted by Crippen LogP contribution is -2.44. The Hall–Kier alpha value is -0.610. The highest BCUT2D eigenvalue weighted by molar-refractivity contribution is 5.76. The molecule has 0 bridgehead atoms. The van der Waals surface area contributed by atoms with Crippen molar-refractivity contribution < 1.29 is 4.79 Å². The quantitative estimate of drug-likeness (QED) is 0.753. The molecule has 1 saturated heterocycles. The molecule has 4 nitrogen and oxygen atoms in total. The topological polar surface area (TPSA) is 58.4 Å². The highest BCUT2D eigenvalue weighted by atomic mass is 16.1. The molecule has 0 saturated carbocycles. The molecule has 106 valence electrons. The van der Waals surface area contributed by atoms with Gasteiger partial charge in [-0.15, -0.1) is 0 Å². The molecule has 0 aliphatic carbocycles. The van der Waals surface area contributed by atoms with Crippen LogP contribution in [0.15, 0.2) is 0 Å². The number of hydrogen-bond acceptors (Lipinski definition) is 3. The Morgan fingerprint density at radius 1 is 1.44 bits per heavy atom. The molecule has 1 unspecified atom stereocenters. The number of nitrogens with zero attached hydrogens (tertiary/aromatic N) is 1. The van der Waals surface area contributed by atoms with E-state index in [2.05, 4.69) is 31.1 Å². The molecule has 0 radical (unpaired) electrons. The van der Waals surface area contributed by atoms with Crippen molar-refractivity contribution in [2.24, 2.45) is 11.1 Å². The van der Waals surface area contributed by atoms with Gasteiger partial charge < -0.3 is 16.0 Å². The zero-order valence-corrected chi connectivity index (χ0v) is 12.2. The number of likely N-dealkylation sites (tertiary alicyclic amines) is 1. The molecule has 0 aromatic heterocycles. The first-order chi connectivity index (χ1) is 8.45. The minimum Gasteiger partial charge on any atom is -0.356 e. The minimum atomic E-state index is 0.0142. The number of rotatable bonds is 6. The standard InChI is InChI=1S/C14H29N3O/c1-4-5-12(15)10-13(18)16-11-14(2)6-8-17(3)9-7-14/h12H,4-11,15H2,1-3H3,(H,16,18). The number of hydrogen-bond donors (Lipinski definition) is 2. The predicted molar refractivity (Wildman–Crippen MR) is 75.3 cm³/mol. The number of nitrogens with two attached hydrogens (primary N) is 1. The van der Waals surface area contributed by atoms with Gasteiger partial charge in [0.2, 0.25) is 5.91 Å². The lowest BCUT2D eigenvalue weighted by molar-refractivity contribution is -0.122. The molecule has 0 spiro atoms. The van der Waals surface area contributed by atoms with Gasteiger partial charge in [0.1, 0.15) is 0 Å². The summed E-state index contributed by atoms with van der Waals surface area (Å²) in [6.45, 7) is 7.41. The molecule has 4 heteroatoms. The van der Waals surface area contributed by atoms with Crippen molar-refractivity contribution in [3.63, 3.8) is 0 Å². The van der Waals surface area contributed by atoms with Crippen LogP contribution in [0.1, 0.15) is 46.0 Å². The van der Waals surface area contributed by atoms with E-state index in [9.17, 15) is 4.79 Å². The van der Waals surface area contributed by atoms with Crippen LogP contribution < -0.4 is 11.1 Å². The van der Waals surface area contributed by atoms with Crippen molar-refractivity contribution in [1.82, 2.24) is 10.2 Å². The lowest BCUT2D eigenvalue weighted by atomic mass is 9.80. The number of nitrogens with one attached hydrogen (secondary N) is 1. The molecule has 1 heterocycles. The van der Waals surface area contributed by atoms with Gasteiger partial charge in [-0.25, -0.2) is 0 Å². The van der Waals surface area contributed by atoms with Gasteiger partial charge in [0.15, 0.2) is 0 Å². The molecule has 1 aliphatic rings. The van der Waals surface area contributed by atoms with Crippen LogP contribution in [0, 0.1) is 5.41 Å². The molecule has 0 aromatic rings. The van der Waals surface area contributed by atoms with Crippen molar-refractivity contribution in [2.45, 2.75) is 52.0 Å². The van der Waals surface area contributed by atoms with Gasteiger partial charge in [0, 0.05) is 19.0 Å². The van der Waals surface area contributed by atoms with E-state index >= 15 is 0 Å². The van der Waals surface area contributed by atoms with Gasteiger partial charge in [-0.05, 0) is 44.8 Å². The first-order valence-electron chi connectivity index (χ1n) is 7.16. The Bertz CT molecular complexity index is 260. The highest BCUT2D eigenvalue weighted by Crippen LogP contribution is 2.29. The zero-order valence-electron chi connectivity index (χ0n) is 12.2. The normalized spacial score (nSPS) is 21.6. The summed E-state index contributed by atoms with van der Waals surface area (Å²) in [6, 6.07) is 0.0142. The second kappa shape index (κ2) is 7.10. The fourth-order valence-electron chi connectivity index (χ4n) is 2.43. The van der Waals surface area contributed by atoms with E-state index in [1.807, 2.05) is 0 Å². The maximum atomic E-state index is 11.8. The average Bonchev–Trinajstić information content (AvgIpc) is 2.31. The molecule has 1 amide bonds. The Labute approximate surface area is 111 Å². The highest BCUT2D eigenvalue weighted by Gasteiger charge is 2.29. The number of piperidine rings is 1. The van der Waals surface area contributed by atoms with E-state index in [1.54, 1.807) is 0 Å². The first-order valence-corrected chi connectivity index (χ1v) is 7.16. The SMILES string of the molecule is CCCC(N)CC(=O)NCC1(C)CCN(C)CC1. The Morgan fingerprint density at radius 2 is 2.06 bits per heavy atom.